The van der Waals surface area contributed by atoms with Crippen LogP contribution in [0.3, 0.4) is 0 Å². The number of halogens is 3. The summed E-state index contributed by atoms with van der Waals surface area (Å²) in [5.41, 5.74) is 0. The van der Waals surface area contributed by atoms with Gasteiger partial charge in [0.1, 0.15) is 0 Å². The largest absolute Gasteiger partial charge is 0.450 e. The van der Waals surface area contributed by atoms with E-state index in [1.54, 1.807) is 6.92 Å². The summed E-state index contributed by atoms with van der Waals surface area (Å²) in [5, 5.41) is 5.60. The summed E-state index contributed by atoms with van der Waals surface area (Å²) in [7, 11) is 0. The average Bonchev–Trinajstić information content (AvgIpc) is 2.38. The van der Waals surface area contributed by atoms with Crippen LogP contribution in [-0.4, -0.2) is 59.0 Å². The van der Waals surface area contributed by atoms with Crippen molar-refractivity contribution in [2.24, 2.45) is 0 Å². The van der Waals surface area contributed by atoms with Gasteiger partial charge in [0.2, 0.25) is 3.79 Å². The van der Waals surface area contributed by atoms with Crippen molar-refractivity contribution in [3.05, 3.63) is 0 Å². The van der Waals surface area contributed by atoms with Crippen LogP contribution in [0.4, 0.5) is 4.79 Å². The van der Waals surface area contributed by atoms with Crippen LogP contribution in [0.2, 0.25) is 0 Å². The Labute approximate surface area is 138 Å². The van der Waals surface area contributed by atoms with Crippen LogP contribution >= 0.6 is 47.0 Å². The maximum Gasteiger partial charge on any atom is 0.408 e. The zero-order valence-corrected chi connectivity index (χ0v) is 13.9. The molecule has 6 nitrogen and oxygen atoms in total. The van der Waals surface area contributed by atoms with Crippen molar-refractivity contribution in [3.8, 4) is 0 Å². The zero-order chi connectivity index (χ0) is 15.2. The Morgan fingerprint density at radius 2 is 2.00 bits per heavy atom. The summed E-state index contributed by atoms with van der Waals surface area (Å²) in [5.74, 6) is 0. The summed E-state index contributed by atoms with van der Waals surface area (Å²) < 4.78 is 8.20. The predicted octanol–water partition coefficient (Wildman–Crippen LogP) is 1.64. The van der Waals surface area contributed by atoms with E-state index >= 15 is 0 Å². The number of ether oxygens (including phenoxy) is 2. The minimum absolute atomic E-state index is 0.215. The van der Waals surface area contributed by atoms with E-state index in [2.05, 4.69) is 10.6 Å². The summed E-state index contributed by atoms with van der Waals surface area (Å²) in [6, 6.07) is 0. The number of carbonyl (C=O) groups excluding carboxylic acids is 1. The number of nitrogens with zero attached hydrogens (tertiary/aromatic N) is 1. The first-order chi connectivity index (χ1) is 9.34. The van der Waals surface area contributed by atoms with Crippen LogP contribution in [0.15, 0.2) is 0 Å². The minimum atomic E-state index is -1.77. The highest BCUT2D eigenvalue weighted by molar-refractivity contribution is 7.80. The second-order valence-electron chi connectivity index (χ2n) is 3.89. The fourth-order valence-electron chi connectivity index (χ4n) is 1.47. The predicted molar refractivity (Wildman–Crippen MR) is 82.4 cm³/mol. The number of hydrogen-bond acceptors (Lipinski definition) is 4. The molecule has 20 heavy (non-hydrogen) atoms. The molecule has 10 heteroatoms. The molecule has 0 spiro atoms. The molecule has 0 aliphatic carbocycles. The first-order valence-electron chi connectivity index (χ1n) is 5.97. The molecule has 1 atom stereocenters. The van der Waals surface area contributed by atoms with Crippen molar-refractivity contribution in [2.75, 3.05) is 32.9 Å². The third kappa shape index (κ3) is 6.05. The Bertz CT molecular complexity index is 348. The van der Waals surface area contributed by atoms with Crippen molar-refractivity contribution in [3.63, 3.8) is 0 Å². The van der Waals surface area contributed by atoms with Gasteiger partial charge in [-0.3, -0.25) is 5.32 Å². The Morgan fingerprint density at radius 1 is 1.40 bits per heavy atom. The second kappa shape index (κ2) is 8.29. The number of hydrogen-bond donors (Lipinski definition) is 2. The number of alkyl halides is 3. The molecule has 0 aromatic carbocycles. The van der Waals surface area contributed by atoms with Crippen molar-refractivity contribution in [1.29, 1.82) is 0 Å². The van der Waals surface area contributed by atoms with E-state index in [0.29, 0.717) is 31.4 Å². The summed E-state index contributed by atoms with van der Waals surface area (Å²) in [4.78, 5) is 13.3. The number of thiocarbonyl (C=S) groups is 1. The van der Waals surface area contributed by atoms with Gasteiger partial charge in [-0.05, 0) is 19.1 Å². The van der Waals surface area contributed by atoms with Gasteiger partial charge in [0, 0.05) is 13.1 Å². The SMILES string of the molecule is CCOC(=O)NC(NC(=S)N1CCOCC1)C(Cl)(Cl)Cl. The zero-order valence-electron chi connectivity index (χ0n) is 10.8. The number of amides is 1. The van der Waals surface area contributed by atoms with E-state index in [1.807, 2.05) is 4.90 Å². The monoisotopic (exact) mass is 363 g/mol. The van der Waals surface area contributed by atoms with Gasteiger partial charge in [-0.1, -0.05) is 34.8 Å². The normalized spacial score (nSPS) is 17.3. The number of rotatable bonds is 3. The Morgan fingerprint density at radius 3 is 2.50 bits per heavy atom. The third-order valence-corrected chi connectivity index (χ3v) is 3.46. The van der Waals surface area contributed by atoms with Crippen molar-refractivity contribution in [2.45, 2.75) is 16.9 Å². The quantitative estimate of drug-likeness (QED) is 0.451. The highest BCUT2D eigenvalue weighted by Crippen LogP contribution is 2.29. The molecule has 1 saturated heterocycles. The molecule has 2 N–H and O–H groups in total. The highest BCUT2D eigenvalue weighted by atomic mass is 35.6. The van der Waals surface area contributed by atoms with E-state index in [4.69, 9.17) is 56.5 Å². The van der Waals surface area contributed by atoms with Gasteiger partial charge < -0.3 is 19.7 Å². The lowest BCUT2D eigenvalue weighted by atomic mass is 10.4. The van der Waals surface area contributed by atoms with Gasteiger partial charge >= 0.3 is 6.09 Å². The van der Waals surface area contributed by atoms with Gasteiger partial charge in [-0.25, -0.2) is 4.79 Å². The molecule has 0 bridgehead atoms. The molecule has 1 rings (SSSR count). The van der Waals surface area contributed by atoms with Gasteiger partial charge in [0.05, 0.1) is 19.8 Å². The standard InChI is InChI=1S/C10H16Cl3N3O3S/c1-2-19-9(17)15-7(10(11,12)13)14-8(20)16-3-5-18-6-4-16/h7H,2-6H2,1H3,(H,14,20)(H,15,17). The first-order valence-corrected chi connectivity index (χ1v) is 7.52. The summed E-state index contributed by atoms with van der Waals surface area (Å²) >= 11 is 22.7. The van der Waals surface area contributed by atoms with Crippen LogP contribution in [-0.2, 0) is 9.47 Å². The molecule has 1 amide bonds. The van der Waals surface area contributed by atoms with Crippen molar-refractivity contribution in [1.82, 2.24) is 15.5 Å². The smallest absolute Gasteiger partial charge is 0.408 e. The van der Waals surface area contributed by atoms with Gasteiger partial charge in [0.15, 0.2) is 11.3 Å². The molecule has 1 heterocycles. The van der Waals surface area contributed by atoms with Crippen LogP contribution < -0.4 is 10.6 Å². The summed E-state index contributed by atoms with van der Waals surface area (Å²) in [6.07, 6.45) is -1.69. The van der Waals surface area contributed by atoms with Crippen LogP contribution in [0.1, 0.15) is 6.92 Å². The number of morpholine rings is 1. The Hall–Kier alpha value is -0.210. The molecule has 1 aliphatic heterocycles. The maximum absolute atomic E-state index is 11.4. The van der Waals surface area contributed by atoms with E-state index in [1.165, 1.54) is 0 Å². The molecule has 0 aromatic heterocycles. The molecular weight excluding hydrogens is 349 g/mol. The van der Waals surface area contributed by atoms with Gasteiger partial charge in [-0.15, -0.1) is 0 Å². The van der Waals surface area contributed by atoms with Gasteiger partial charge in [-0.2, -0.15) is 0 Å². The molecule has 0 saturated carbocycles. The molecule has 1 aliphatic rings. The van der Waals surface area contributed by atoms with E-state index in [0.717, 1.165) is 0 Å². The molecule has 0 aromatic rings. The van der Waals surface area contributed by atoms with Crippen LogP contribution in [0.5, 0.6) is 0 Å². The number of carbonyl (C=O) groups is 1. The lowest BCUT2D eigenvalue weighted by Gasteiger charge is -2.33. The van der Waals surface area contributed by atoms with E-state index < -0.39 is 16.1 Å². The second-order valence-corrected chi connectivity index (χ2v) is 6.64. The fourth-order valence-corrected chi connectivity index (χ4v) is 2.10. The van der Waals surface area contributed by atoms with Gasteiger partial charge in [0.25, 0.3) is 0 Å². The van der Waals surface area contributed by atoms with E-state index in [-0.39, 0.29) is 6.61 Å². The lowest BCUT2D eigenvalue weighted by Crippen LogP contribution is -2.59. The fraction of sp³-hybridized carbons (Fsp3) is 0.800. The first kappa shape index (κ1) is 17.8. The summed E-state index contributed by atoms with van der Waals surface area (Å²) in [6.45, 7) is 4.31. The Balaban J connectivity index is 2.59. The number of nitrogens with one attached hydrogen (secondary N) is 2. The van der Waals surface area contributed by atoms with Crippen LogP contribution in [0, 0.1) is 0 Å². The molecule has 0 radical (unpaired) electrons. The molecule has 1 unspecified atom stereocenters. The van der Waals surface area contributed by atoms with Crippen LogP contribution in [0.25, 0.3) is 0 Å². The maximum atomic E-state index is 11.4. The van der Waals surface area contributed by atoms with Crippen molar-refractivity contribution < 1.29 is 14.3 Å². The topological polar surface area (TPSA) is 62.8 Å². The minimum Gasteiger partial charge on any atom is -0.450 e. The molecule has 116 valence electrons. The third-order valence-electron chi connectivity index (χ3n) is 2.43. The molecule has 1 fully saturated rings. The Kier molecular flexibility index (Phi) is 7.39. The average molecular weight is 365 g/mol. The van der Waals surface area contributed by atoms with E-state index in [9.17, 15) is 4.79 Å². The highest BCUT2D eigenvalue weighted by Gasteiger charge is 2.35. The lowest BCUT2D eigenvalue weighted by molar-refractivity contribution is 0.0672. The number of alkyl carbamates (subject to hydrolysis) is 1. The molecular formula is C10H16Cl3N3O3S. The van der Waals surface area contributed by atoms with Crippen molar-refractivity contribution >= 4 is 58.2 Å².